The number of rotatable bonds is 2. The predicted octanol–water partition coefficient (Wildman–Crippen LogP) is 1.68. The zero-order valence-electron chi connectivity index (χ0n) is 10.0. The lowest BCUT2D eigenvalue weighted by Gasteiger charge is -2.17. The lowest BCUT2D eigenvalue weighted by Crippen LogP contribution is -2.30. The summed E-state index contributed by atoms with van der Waals surface area (Å²) < 4.78 is 13.0. The lowest BCUT2D eigenvalue weighted by molar-refractivity contribution is -0.141. The van der Waals surface area contributed by atoms with Gasteiger partial charge in [-0.2, -0.15) is 0 Å². The molecule has 1 amide bonds. The summed E-state index contributed by atoms with van der Waals surface area (Å²) in [6.45, 7) is 2.33. The summed E-state index contributed by atoms with van der Waals surface area (Å²) in [4.78, 5) is 24.5. The number of aryl methyl sites for hydroxylation is 1. The zero-order valence-corrected chi connectivity index (χ0v) is 10.0. The van der Waals surface area contributed by atoms with Gasteiger partial charge in [0, 0.05) is 18.7 Å². The van der Waals surface area contributed by atoms with Gasteiger partial charge in [0.1, 0.15) is 5.82 Å². The summed E-state index contributed by atoms with van der Waals surface area (Å²) in [5, 5.41) is 8.89. The number of carboxylic acids is 1. The van der Waals surface area contributed by atoms with Crippen LogP contribution in [0.4, 0.5) is 4.39 Å². The molecule has 1 fully saturated rings. The average Bonchev–Trinajstić information content (AvgIpc) is 2.77. The minimum atomic E-state index is -0.874. The van der Waals surface area contributed by atoms with E-state index >= 15 is 0 Å². The number of carbonyl (C=O) groups is 2. The first-order valence-corrected chi connectivity index (χ1v) is 5.77. The molecule has 1 N–H and O–H groups in total. The Morgan fingerprint density at radius 3 is 2.72 bits per heavy atom. The first kappa shape index (κ1) is 12.5. The molecule has 0 bridgehead atoms. The standard InChI is InChI=1S/C13H14FNO3/c1-8-6-10(14)2-3-11(8)12(16)15-5-4-9(7-15)13(17)18/h2-3,6,9H,4-5,7H2,1H3,(H,17,18). The summed E-state index contributed by atoms with van der Waals surface area (Å²) in [7, 11) is 0. The molecule has 0 spiro atoms. The van der Waals surface area contributed by atoms with Crippen molar-refractivity contribution in [1.29, 1.82) is 0 Å². The fourth-order valence-electron chi connectivity index (χ4n) is 2.18. The third-order valence-corrected chi connectivity index (χ3v) is 3.24. The van der Waals surface area contributed by atoms with Crippen molar-refractivity contribution in [3.8, 4) is 0 Å². The van der Waals surface area contributed by atoms with E-state index in [1.807, 2.05) is 0 Å². The fraction of sp³-hybridized carbons (Fsp3) is 0.385. The van der Waals surface area contributed by atoms with Gasteiger partial charge in [-0.15, -0.1) is 0 Å². The molecular weight excluding hydrogens is 237 g/mol. The predicted molar refractivity (Wildman–Crippen MR) is 62.8 cm³/mol. The van der Waals surface area contributed by atoms with E-state index in [1.165, 1.54) is 23.1 Å². The molecule has 1 saturated heterocycles. The maximum absolute atomic E-state index is 13.0. The first-order valence-electron chi connectivity index (χ1n) is 5.77. The molecule has 2 rings (SSSR count). The zero-order chi connectivity index (χ0) is 13.3. The molecule has 1 heterocycles. The third kappa shape index (κ3) is 2.34. The first-order chi connectivity index (χ1) is 8.49. The topological polar surface area (TPSA) is 57.6 Å². The van der Waals surface area contributed by atoms with Gasteiger partial charge < -0.3 is 10.0 Å². The van der Waals surface area contributed by atoms with Gasteiger partial charge >= 0.3 is 5.97 Å². The van der Waals surface area contributed by atoms with Crippen LogP contribution in [0, 0.1) is 18.7 Å². The Morgan fingerprint density at radius 2 is 2.17 bits per heavy atom. The molecule has 0 aliphatic carbocycles. The summed E-state index contributed by atoms with van der Waals surface area (Å²) in [5.41, 5.74) is 1.00. The molecule has 0 radical (unpaired) electrons. The molecule has 1 aliphatic heterocycles. The van der Waals surface area contributed by atoms with E-state index in [0.717, 1.165) is 0 Å². The van der Waals surface area contributed by atoms with Gasteiger partial charge in [-0.25, -0.2) is 4.39 Å². The van der Waals surface area contributed by atoms with Gasteiger partial charge in [-0.3, -0.25) is 9.59 Å². The van der Waals surface area contributed by atoms with Crippen LogP contribution in [0.2, 0.25) is 0 Å². The maximum Gasteiger partial charge on any atom is 0.308 e. The summed E-state index contributed by atoms with van der Waals surface area (Å²) in [5.74, 6) is -1.97. The smallest absolute Gasteiger partial charge is 0.308 e. The molecule has 1 unspecified atom stereocenters. The minimum Gasteiger partial charge on any atom is -0.481 e. The van der Waals surface area contributed by atoms with E-state index in [4.69, 9.17) is 5.11 Å². The number of nitrogens with zero attached hydrogens (tertiary/aromatic N) is 1. The number of hydrogen-bond acceptors (Lipinski definition) is 2. The molecule has 4 nitrogen and oxygen atoms in total. The fourth-order valence-corrected chi connectivity index (χ4v) is 2.18. The summed E-state index contributed by atoms with van der Waals surface area (Å²) in [6, 6.07) is 3.99. The van der Waals surface area contributed by atoms with E-state index in [1.54, 1.807) is 6.92 Å². The maximum atomic E-state index is 13.0. The highest BCUT2D eigenvalue weighted by molar-refractivity contribution is 5.96. The molecule has 1 aromatic carbocycles. The second-order valence-electron chi connectivity index (χ2n) is 4.53. The number of carbonyl (C=O) groups excluding carboxylic acids is 1. The van der Waals surface area contributed by atoms with Crippen molar-refractivity contribution < 1.29 is 19.1 Å². The highest BCUT2D eigenvalue weighted by atomic mass is 19.1. The number of benzene rings is 1. The van der Waals surface area contributed by atoms with Crippen LogP contribution in [-0.4, -0.2) is 35.0 Å². The van der Waals surface area contributed by atoms with Gasteiger partial charge in [0.15, 0.2) is 0 Å². The number of aliphatic carboxylic acids is 1. The quantitative estimate of drug-likeness (QED) is 0.870. The van der Waals surface area contributed by atoms with Crippen molar-refractivity contribution in [2.45, 2.75) is 13.3 Å². The number of hydrogen-bond donors (Lipinski definition) is 1. The number of amides is 1. The summed E-state index contributed by atoms with van der Waals surface area (Å²) in [6.07, 6.45) is 0.474. The number of likely N-dealkylation sites (tertiary alicyclic amines) is 1. The van der Waals surface area contributed by atoms with Crippen molar-refractivity contribution >= 4 is 11.9 Å². The van der Waals surface area contributed by atoms with Crippen molar-refractivity contribution in [3.63, 3.8) is 0 Å². The van der Waals surface area contributed by atoms with Crippen LogP contribution >= 0.6 is 0 Å². The van der Waals surface area contributed by atoms with Crippen LogP contribution in [0.3, 0.4) is 0 Å². The van der Waals surface area contributed by atoms with Crippen LogP contribution in [0.15, 0.2) is 18.2 Å². The van der Waals surface area contributed by atoms with Crippen molar-refractivity contribution in [2.24, 2.45) is 5.92 Å². The van der Waals surface area contributed by atoms with Crippen LogP contribution < -0.4 is 0 Å². The molecule has 0 aromatic heterocycles. The van der Waals surface area contributed by atoms with Crippen molar-refractivity contribution in [3.05, 3.63) is 35.1 Å². The highest BCUT2D eigenvalue weighted by Crippen LogP contribution is 2.20. The SMILES string of the molecule is Cc1cc(F)ccc1C(=O)N1CCC(C(=O)O)C1. The van der Waals surface area contributed by atoms with E-state index < -0.39 is 11.9 Å². The Balaban J connectivity index is 2.15. The molecule has 96 valence electrons. The second-order valence-corrected chi connectivity index (χ2v) is 4.53. The van der Waals surface area contributed by atoms with Crippen LogP contribution in [0.25, 0.3) is 0 Å². The molecule has 18 heavy (non-hydrogen) atoms. The Kier molecular flexibility index (Phi) is 3.32. The van der Waals surface area contributed by atoms with Gasteiger partial charge in [0.25, 0.3) is 5.91 Å². The lowest BCUT2D eigenvalue weighted by atomic mass is 10.1. The van der Waals surface area contributed by atoms with Crippen LogP contribution in [0.1, 0.15) is 22.3 Å². The summed E-state index contributed by atoms with van der Waals surface area (Å²) >= 11 is 0. The Morgan fingerprint density at radius 1 is 1.44 bits per heavy atom. The van der Waals surface area contributed by atoms with Crippen LogP contribution in [0.5, 0.6) is 0 Å². The molecule has 5 heteroatoms. The third-order valence-electron chi connectivity index (χ3n) is 3.24. The van der Waals surface area contributed by atoms with Crippen molar-refractivity contribution in [1.82, 2.24) is 4.90 Å². The molecule has 1 atom stereocenters. The molecule has 1 aliphatic rings. The van der Waals surface area contributed by atoms with Gasteiger partial charge in [0.2, 0.25) is 0 Å². The second kappa shape index (κ2) is 4.76. The highest BCUT2D eigenvalue weighted by Gasteiger charge is 2.31. The average molecular weight is 251 g/mol. The monoisotopic (exact) mass is 251 g/mol. The van der Waals surface area contributed by atoms with Gasteiger partial charge in [-0.05, 0) is 37.1 Å². The van der Waals surface area contributed by atoms with E-state index in [9.17, 15) is 14.0 Å². The molecular formula is C13H14FNO3. The van der Waals surface area contributed by atoms with Crippen LogP contribution in [-0.2, 0) is 4.79 Å². The van der Waals surface area contributed by atoms with E-state index in [2.05, 4.69) is 0 Å². The minimum absolute atomic E-state index is 0.226. The number of halogens is 1. The van der Waals surface area contributed by atoms with Crippen molar-refractivity contribution in [2.75, 3.05) is 13.1 Å². The van der Waals surface area contributed by atoms with E-state index in [-0.39, 0.29) is 18.3 Å². The van der Waals surface area contributed by atoms with Gasteiger partial charge in [0.05, 0.1) is 5.92 Å². The largest absolute Gasteiger partial charge is 0.481 e. The Hall–Kier alpha value is -1.91. The Bertz CT molecular complexity index is 501. The molecule has 1 aromatic rings. The number of carboxylic acid groups (broad SMARTS) is 1. The normalized spacial score (nSPS) is 19.0. The van der Waals surface area contributed by atoms with E-state index in [0.29, 0.717) is 24.1 Å². The Labute approximate surface area is 104 Å². The van der Waals surface area contributed by atoms with Gasteiger partial charge in [-0.1, -0.05) is 0 Å². The molecule has 0 saturated carbocycles.